The number of carboxylic acids is 1. The molecule has 0 atom stereocenters. The molecule has 5 nitrogen and oxygen atoms in total. The Hall–Kier alpha value is -2.72. The molecule has 0 unspecified atom stereocenters. The standard InChI is InChI=1S/C17H11F3N2O3S2/c18-11-4-1-9(2-5-11)15-21-14(8-26-15)27-22-12-6-3-10(16(23)24)7-13(12)25-17(19)20/h1-8,17,22H,(H,23,24). The first-order chi connectivity index (χ1) is 12.9. The van der Waals surface area contributed by atoms with Gasteiger partial charge in [0.2, 0.25) is 0 Å². The lowest BCUT2D eigenvalue weighted by Crippen LogP contribution is -2.06. The molecule has 0 aliphatic carbocycles. The highest BCUT2D eigenvalue weighted by Crippen LogP contribution is 2.33. The van der Waals surface area contributed by atoms with E-state index in [4.69, 9.17) is 5.11 Å². The minimum Gasteiger partial charge on any atom is -0.478 e. The lowest BCUT2D eigenvalue weighted by atomic mass is 10.2. The quantitative estimate of drug-likeness (QED) is 0.509. The first-order valence-corrected chi connectivity index (χ1v) is 9.08. The van der Waals surface area contributed by atoms with E-state index in [2.05, 4.69) is 14.4 Å². The van der Waals surface area contributed by atoms with E-state index < -0.39 is 12.6 Å². The molecule has 1 aromatic heterocycles. The Bertz CT molecular complexity index is 949. The number of nitrogens with one attached hydrogen (secondary N) is 1. The van der Waals surface area contributed by atoms with Gasteiger partial charge in [-0.2, -0.15) is 8.78 Å². The molecule has 2 aromatic carbocycles. The molecule has 3 aromatic rings. The molecule has 3 rings (SSSR count). The second-order valence-electron chi connectivity index (χ2n) is 5.10. The van der Waals surface area contributed by atoms with Crippen molar-refractivity contribution >= 4 is 34.9 Å². The van der Waals surface area contributed by atoms with Crippen molar-refractivity contribution in [3.8, 4) is 16.3 Å². The van der Waals surface area contributed by atoms with Gasteiger partial charge in [0.15, 0.2) is 5.75 Å². The van der Waals surface area contributed by atoms with E-state index in [1.807, 2.05) is 0 Å². The summed E-state index contributed by atoms with van der Waals surface area (Å²) in [6.45, 7) is -3.09. The van der Waals surface area contributed by atoms with Gasteiger partial charge in [-0.05, 0) is 42.5 Å². The highest BCUT2D eigenvalue weighted by atomic mass is 32.2. The maximum Gasteiger partial charge on any atom is 0.387 e. The number of carboxylic acid groups (broad SMARTS) is 1. The number of thiazole rings is 1. The van der Waals surface area contributed by atoms with Gasteiger partial charge in [0.25, 0.3) is 0 Å². The second kappa shape index (κ2) is 8.31. The fourth-order valence-corrected chi connectivity index (χ4v) is 3.67. The first kappa shape index (κ1) is 19.1. The number of hydrogen-bond donors (Lipinski definition) is 2. The third-order valence-corrected chi connectivity index (χ3v) is 5.07. The van der Waals surface area contributed by atoms with Crippen LogP contribution in [0.4, 0.5) is 18.9 Å². The summed E-state index contributed by atoms with van der Waals surface area (Å²) >= 11 is 2.39. The van der Waals surface area contributed by atoms with Crippen LogP contribution in [0.3, 0.4) is 0 Å². The molecule has 0 fully saturated rings. The maximum absolute atomic E-state index is 13.0. The summed E-state index contributed by atoms with van der Waals surface area (Å²) in [4.78, 5) is 15.4. The molecular formula is C17H11F3N2O3S2. The number of nitrogens with zero attached hydrogens (tertiary/aromatic N) is 1. The summed E-state index contributed by atoms with van der Waals surface area (Å²) in [7, 11) is 0. The van der Waals surface area contributed by atoms with Crippen molar-refractivity contribution in [1.82, 2.24) is 4.98 Å². The predicted octanol–water partition coefficient (Wildman–Crippen LogP) is 5.37. The number of ether oxygens (including phenoxy) is 1. The molecule has 0 radical (unpaired) electrons. The fraction of sp³-hybridized carbons (Fsp3) is 0.0588. The number of aromatic carboxylic acids is 1. The Kier molecular flexibility index (Phi) is 5.87. The molecule has 0 saturated heterocycles. The van der Waals surface area contributed by atoms with E-state index in [9.17, 15) is 18.0 Å². The Labute approximate surface area is 160 Å². The van der Waals surface area contributed by atoms with Crippen LogP contribution in [0.2, 0.25) is 0 Å². The summed E-state index contributed by atoms with van der Waals surface area (Å²) in [5.74, 6) is -1.88. The summed E-state index contributed by atoms with van der Waals surface area (Å²) < 4.78 is 45.3. The summed E-state index contributed by atoms with van der Waals surface area (Å²) in [6, 6.07) is 9.50. The van der Waals surface area contributed by atoms with Crippen LogP contribution in [-0.2, 0) is 0 Å². The number of benzene rings is 2. The van der Waals surface area contributed by atoms with Gasteiger partial charge >= 0.3 is 12.6 Å². The molecule has 0 bridgehead atoms. The smallest absolute Gasteiger partial charge is 0.387 e. The van der Waals surface area contributed by atoms with Crippen molar-refractivity contribution in [1.29, 1.82) is 0 Å². The van der Waals surface area contributed by atoms with Crippen LogP contribution in [-0.4, -0.2) is 22.7 Å². The average Bonchev–Trinajstić information content (AvgIpc) is 3.09. The maximum atomic E-state index is 13.0. The Morgan fingerprint density at radius 2 is 1.96 bits per heavy atom. The van der Waals surface area contributed by atoms with Gasteiger partial charge in [0.1, 0.15) is 15.9 Å². The molecule has 0 amide bonds. The zero-order valence-corrected chi connectivity index (χ0v) is 15.0. The zero-order valence-electron chi connectivity index (χ0n) is 13.4. The Morgan fingerprint density at radius 1 is 1.22 bits per heavy atom. The van der Waals surface area contributed by atoms with Crippen LogP contribution >= 0.6 is 23.3 Å². The van der Waals surface area contributed by atoms with E-state index in [1.54, 1.807) is 17.5 Å². The molecular weight excluding hydrogens is 401 g/mol. The lowest BCUT2D eigenvalue weighted by molar-refractivity contribution is -0.0494. The van der Waals surface area contributed by atoms with Crippen LogP contribution in [0.5, 0.6) is 5.75 Å². The summed E-state index contributed by atoms with van der Waals surface area (Å²) in [6.07, 6.45) is 0. The number of aromatic nitrogens is 1. The topological polar surface area (TPSA) is 71.5 Å². The van der Waals surface area contributed by atoms with Crippen LogP contribution < -0.4 is 9.46 Å². The van der Waals surface area contributed by atoms with Gasteiger partial charge in [0.05, 0.1) is 11.3 Å². The van der Waals surface area contributed by atoms with E-state index in [0.29, 0.717) is 10.0 Å². The fourth-order valence-electron chi connectivity index (χ4n) is 2.07. The van der Waals surface area contributed by atoms with Gasteiger partial charge in [-0.15, -0.1) is 11.3 Å². The lowest BCUT2D eigenvalue weighted by Gasteiger charge is -2.12. The minimum atomic E-state index is -3.09. The summed E-state index contributed by atoms with van der Waals surface area (Å²) in [5, 5.41) is 11.9. The van der Waals surface area contributed by atoms with Crippen molar-refractivity contribution in [3.63, 3.8) is 0 Å². The molecule has 2 N–H and O–H groups in total. The number of rotatable bonds is 7. The highest BCUT2D eigenvalue weighted by molar-refractivity contribution is 8.00. The van der Waals surface area contributed by atoms with E-state index in [-0.39, 0.29) is 22.8 Å². The molecule has 27 heavy (non-hydrogen) atoms. The van der Waals surface area contributed by atoms with Gasteiger partial charge in [-0.25, -0.2) is 14.2 Å². The van der Waals surface area contributed by atoms with Crippen molar-refractivity contribution in [2.24, 2.45) is 0 Å². The number of alkyl halides is 2. The molecule has 0 saturated carbocycles. The van der Waals surface area contributed by atoms with Crippen molar-refractivity contribution < 1.29 is 27.8 Å². The van der Waals surface area contributed by atoms with Crippen LogP contribution in [0.1, 0.15) is 10.4 Å². The third-order valence-electron chi connectivity index (χ3n) is 3.28. The van der Waals surface area contributed by atoms with Crippen LogP contribution in [0.15, 0.2) is 52.9 Å². The number of carbonyl (C=O) groups is 1. The predicted molar refractivity (Wildman–Crippen MR) is 97.0 cm³/mol. The second-order valence-corrected chi connectivity index (χ2v) is 6.78. The van der Waals surface area contributed by atoms with Gasteiger partial charge in [0, 0.05) is 22.9 Å². The Morgan fingerprint density at radius 3 is 2.63 bits per heavy atom. The number of halogens is 3. The van der Waals surface area contributed by atoms with Crippen LogP contribution in [0, 0.1) is 5.82 Å². The van der Waals surface area contributed by atoms with E-state index in [1.165, 1.54) is 35.6 Å². The van der Waals surface area contributed by atoms with Gasteiger partial charge in [-0.3, -0.25) is 0 Å². The highest BCUT2D eigenvalue weighted by Gasteiger charge is 2.14. The third kappa shape index (κ3) is 4.92. The van der Waals surface area contributed by atoms with Crippen molar-refractivity contribution in [3.05, 3.63) is 59.2 Å². The SMILES string of the molecule is O=C(O)c1ccc(NSc2csc(-c3ccc(F)cc3)n2)c(OC(F)F)c1. The molecule has 0 aliphatic rings. The molecule has 140 valence electrons. The normalized spacial score (nSPS) is 10.8. The minimum absolute atomic E-state index is 0.173. The monoisotopic (exact) mass is 412 g/mol. The van der Waals surface area contributed by atoms with Crippen molar-refractivity contribution in [2.75, 3.05) is 4.72 Å². The zero-order chi connectivity index (χ0) is 19.4. The summed E-state index contributed by atoms with van der Waals surface area (Å²) in [5.41, 5.74) is 0.760. The average molecular weight is 412 g/mol. The van der Waals surface area contributed by atoms with Crippen LogP contribution in [0.25, 0.3) is 10.6 Å². The molecule has 0 spiro atoms. The molecule has 0 aliphatic heterocycles. The number of hydrogen-bond acceptors (Lipinski definition) is 6. The molecule has 10 heteroatoms. The van der Waals surface area contributed by atoms with E-state index in [0.717, 1.165) is 23.6 Å². The molecule has 1 heterocycles. The Balaban J connectivity index is 1.74. The largest absolute Gasteiger partial charge is 0.478 e. The first-order valence-electron chi connectivity index (χ1n) is 7.39. The van der Waals surface area contributed by atoms with Gasteiger partial charge in [-0.1, -0.05) is 0 Å². The van der Waals surface area contributed by atoms with Gasteiger partial charge < -0.3 is 14.6 Å². The number of anilines is 1. The van der Waals surface area contributed by atoms with Crippen molar-refractivity contribution in [2.45, 2.75) is 11.6 Å². The van der Waals surface area contributed by atoms with E-state index >= 15 is 0 Å².